The van der Waals surface area contributed by atoms with Crippen LogP contribution in [0.4, 0.5) is 5.69 Å². The van der Waals surface area contributed by atoms with E-state index in [1.54, 1.807) is 0 Å². The van der Waals surface area contributed by atoms with Crippen LogP contribution in [-0.4, -0.2) is 21.0 Å². The highest BCUT2D eigenvalue weighted by Crippen LogP contribution is 2.29. The molecule has 0 heterocycles. The summed E-state index contributed by atoms with van der Waals surface area (Å²) in [6.45, 7) is 1.94. The second-order valence-electron chi connectivity index (χ2n) is 5.62. The van der Waals surface area contributed by atoms with Crippen molar-refractivity contribution >= 4 is 63.7 Å². The van der Waals surface area contributed by atoms with Crippen molar-refractivity contribution in [1.29, 1.82) is 0 Å². The quantitative estimate of drug-likeness (QED) is 0.375. The molecule has 3 N–H and O–H groups in total. The van der Waals surface area contributed by atoms with Gasteiger partial charge in [0.25, 0.3) is 0 Å². The van der Waals surface area contributed by atoms with Crippen molar-refractivity contribution in [1.82, 2.24) is 10.6 Å². The highest BCUT2D eigenvalue weighted by atomic mass is 35.6. The zero-order valence-electron chi connectivity index (χ0n) is 13.9. The van der Waals surface area contributed by atoms with Crippen molar-refractivity contribution in [2.24, 2.45) is 0 Å². The average Bonchev–Trinajstić information content (AvgIpc) is 2.56. The Hall–Kier alpha value is -1.53. The fraction of sp³-hybridized carbons (Fsp3) is 0.222. The number of carbonyl (C=O) groups is 1. The van der Waals surface area contributed by atoms with E-state index in [0.717, 1.165) is 16.8 Å². The lowest BCUT2D eigenvalue weighted by Crippen LogP contribution is -2.56. The van der Waals surface area contributed by atoms with Gasteiger partial charge in [0.2, 0.25) is 9.70 Å². The van der Waals surface area contributed by atoms with E-state index in [0.29, 0.717) is 0 Å². The molecule has 0 saturated heterocycles. The first-order valence-corrected chi connectivity index (χ1v) is 9.33. The van der Waals surface area contributed by atoms with E-state index in [4.69, 9.17) is 47.0 Å². The van der Waals surface area contributed by atoms with Crippen molar-refractivity contribution < 1.29 is 4.79 Å². The summed E-state index contributed by atoms with van der Waals surface area (Å²) < 4.78 is -1.79. The van der Waals surface area contributed by atoms with Gasteiger partial charge in [-0.2, -0.15) is 0 Å². The summed E-state index contributed by atoms with van der Waals surface area (Å²) >= 11 is 23.2. The van der Waals surface area contributed by atoms with E-state index >= 15 is 0 Å². The van der Waals surface area contributed by atoms with Crippen LogP contribution in [0.15, 0.2) is 54.6 Å². The summed E-state index contributed by atoms with van der Waals surface area (Å²) in [5.41, 5.74) is 2.69. The van der Waals surface area contributed by atoms with Gasteiger partial charge in [-0.15, -0.1) is 0 Å². The highest BCUT2D eigenvalue weighted by molar-refractivity contribution is 7.80. The number of hydrogen-bond acceptors (Lipinski definition) is 2. The van der Waals surface area contributed by atoms with Crippen LogP contribution in [0.25, 0.3) is 0 Å². The predicted molar refractivity (Wildman–Crippen MR) is 113 cm³/mol. The van der Waals surface area contributed by atoms with Crippen LogP contribution in [0.5, 0.6) is 0 Å². The molecule has 0 bridgehead atoms. The smallest absolute Gasteiger partial charge is 0.228 e. The molecule has 0 aliphatic rings. The number of halogens is 3. The van der Waals surface area contributed by atoms with Crippen LogP contribution in [0.2, 0.25) is 0 Å². The summed E-state index contributed by atoms with van der Waals surface area (Å²) in [7, 11) is 0. The van der Waals surface area contributed by atoms with Crippen molar-refractivity contribution in [2.75, 3.05) is 5.32 Å². The van der Waals surface area contributed by atoms with Gasteiger partial charge in [-0.05, 0) is 36.3 Å². The minimum atomic E-state index is -1.79. The number of aryl methyl sites for hydroxylation is 1. The number of rotatable bonds is 5. The van der Waals surface area contributed by atoms with E-state index in [1.807, 2.05) is 61.5 Å². The van der Waals surface area contributed by atoms with Gasteiger partial charge in [0.1, 0.15) is 6.17 Å². The fourth-order valence-corrected chi connectivity index (χ4v) is 2.75. The molecule has 2 aromatic carbocycles. The summed E-state index contributed by atoms with van der Waals surface area (Å²) in [6, 6.07) is 16.9. The number of carbonyl (C=O) groups excluding carboxylic acids is 1. The Kier molecular flexibility index (Phi) is 7.53. The van der Waals surface area contributed by atoms with Crippen LogP contribution in [0.3, 0.4) is 0 Å². The number of thiocarbonyl (C=S) groups is 1. The van der Waals surface area contributed by atoms with Gasteiger partial charge in [-0.25, -0.2) is 0 Å². The summed E-state index contributed by atoms with van der Waals surface area (Å²) in [5, 5.41) is 8.77. The standard InChI is InChI=1S/C18H18Cl3N3OS/c1-12-7-5-6-10-14(12)22-17(26)24-16(18(19,20)21)23-15(25)11-13-8-3-2-4-9-13/h2-10,16H,11H2,1H3,(H,23,25)(H2,22,24,26). The molecule has 8 heteroatoms. The van der Waals surface area contributed by atoms with E-state index in [2.05, 4.69) is 16.0 Å². The number of benzene rings is 2. The normalized spacial score (nSPS) is 12.2. The zero-order chi connectivity index (χ0) is 19.2. The van der Waals surface area contributed by atoms with Gasteiger partial charge in [0.05, 0.1) is 6.42 Å². The molecule has 1 atom stereocenters. The Morgan fingerprint density at radius 3 is 2.27 bits per heavy atom. The SMILES string of the molecule is Cc1ccccc1NC(=S)NC(NC(=O)Cc1ccccc1)C(Cl)(Cl)Cl. The Labute approximate surface area is 173 Å². The maximum Gasteiger partial charge on any atom is 0.228 e. The summed E-state index contributed by atoms with van der Waals surface area (Å²) in [5.74, 6) is -0.293. The van der Waals surface area contributed by atoms with Crippen molar-refractivity contribution in [3.63, 3.8) is 0 Å². The largest absolute Gasteiger partial charge is 0.339 e. The van der Waals surface area contributed by atoms with E-state index in [9.17, 15) is 4.79 Å². The van der Waals surface area contributed by atoms with E-state index in [1.165, 1.54) is 0 Å². The lowest BCUT2D eigenvalue weighted by molar-refractivity contribution is -0.121. The number of alkyl halides is 3. The first-order valence-electron chi connectivity index (χ1n) is 7.79. The Bertz CT molecular complexity index is 766. The monoisotopic (exact) mass is 429 g/mol. The van der Waals surface area contributed by atoms with Gasteiger partial charge in [0, 0.05) is 5.69 Å². The number of nitrogens with one attached hydrogen (secondary N) is 3. The molecule has 0 saturated carbocycles. The van der Waals surface area contributed by atoms with Gasteiger partial charge >= 0.3 is 0 Å². The number of amides is 1. The maximum absolute atomic E-state index is 12.3. The third-order valence-electron chi connectivity index (χ3n) is 3.51. The van der Waals surface area contributed by atoms with Gasteiger partial charge in [-0.3, -0.25) is 4.79 Å². The van der Waals surface area contributed by atoms with Gasteiger partial charge in [0.15, 0.2) is 5.11 Å². The number of para-hydroxylation sites is 1. The molecule has 2 aromatic rings. The molecule has 138 valence electrons. The van der Waals surface area contributed by atoms with Crippen LogP contribution in [0.1, 0.15) is 11.1 Å². The molecule has 0 radical (unpaired) electrons. The maximum atomic E-state index is 12.3. The number of anilines is 1. The molecule has 0 aliphatic heterocycles. The minimum absolute atomic E-state index is 0.164. The molecule has 2 rings (SSSR count). The number of hydrogen-bond donors (Lipinski definition) is 3. The Morgan fingerprint density at radius 1 is 1.04 bits per heavy atom. The van der Waals surface area contributed by atoms with Crippen LogP contribution in [0, 0.1) is 6.92 Å². The molecule has 26 heavy (non-hydrogen) atoms. The summed E-state index contributed by atoms with van der Waals surface area (Å²) in [6.07, 6.45) is -0.828. The first-order chi connectivity index (χ1) is 12.3. The van der Waals surface area contributed by atoms with Crippen LogP contribution >= 0.6 is 47.0 Å². The second-order valence-corrected chi connectivity index (χ2v) is 8.40. The topological polar surface area (TPSA) is 53.2 Å². The first kappa shape index (κ1) is 20.8. The molecule has 0 aromatic heterocycles. The highest BCUT2D eigenvalue weighted by Gasteiger charge is 2.34. The molecular weight excluding hydrogens is 413 g/mol. The Morgan fingerprint density at radius 2 is 1.65 bits per heavy atom. The second kappa shape index (κ2) is 9.42. The molecule has 1 amide bonds. The minimum Gasteiger partial charge on any atom is -0.339 e. The van der Waals surface area contributed by atoms with Crippen molar-refractivity contribution in [3.8, 4) is 0 Å². The third kappa shape index (κ3) is 6.65. The molecule has 0 aliphatic carbocycles. The summed E-state index contributed by atoms with van der Waals surface area (Å²) in [4.78, 5) is 12.3. The van der Waals surface area contributed by atoms with Crippen LogP contribution in [-0.2, 0) is 11.2 Å². The van der Waals surface area contributed by atoms with Gasteiger partial charge in [-0.1, -0.05) is 83.3 Å². The molecule has 4 nitrogen and oxygen atoms in total. The van der Waals surface area contributed by atoms with E-state index < -0.39 is 9.96 Å². The molecule has 0 fully saturated rings. The lowest BCUT2D eigenvalue weighted by atomic mass is 10.1. The molecule has 0 spiro atoms. The average molecular weight is 431 g/mol. The zero-order valence-corrected chi connectivity index (χ0v) is 17.0. The van der Waals surface area contributed by atoms with E-state index in [-0.39, 0.29) is 17.4 Å². The third-order valence-corrected chi connectivity index (χ3v) is 4.38. The molecule has 1 unspecified atom stereocenters. The lowest BCUT2D eigenvalue weighted by Gasteiger charge is -2.28. The van der Waals surface area contributed by atoms with Gasteiger partial charge < -0.3 is 16.0 Å². The van der Waals surface area contributed by atoms with Crippen LogP contribution < -0.4 is 16.0 Å². The Balaban J connectivity index is 2.00. The van der Waals surface area contributed by atoms with Crippen molar-refractivity contribution in [2.45, 2.75) is 23.3 Å². The van der Waals surface area contributed by atoms with Crippen molar-refractivity contribution in [3.05, 3.63) is 65.7 Å². The molecular formula is C18H18Cl3N3OS. The predicted octanol–water partition coefficient (Wildman–Crippen LogP) is 4.34. The fourth-order valence-electron chi connectivity index (χ4n) is 2.20.